The molecule has 6 heteroatoms. The lowest BCUT2D eigenvalue weighted by Gasteiger charge is -2.07. The van der Waals surface area contributed by atoms with Crippen LogP contribution < -0.4 is 4.74 Å². The van der Waals surface area contributed by atoms with Gasteiger partial charge in [-0.25, -0.2) is 18.2 Å². The lowest BCUT2D eigenvalue weighted by atomic mass is 10.2. The molecule has 0 aliphatic rings. The number of aliphatic hydroxyl groups is 1. The van der Waals surface area contributed by atoms with Gasteiger partial charge in [-0.3, -0.25) is 0 Å². The average Bonchev–Trinajstić information content (AvgIpc) is 2.41. The summed E-state index contributed by atoms with van der Waals surface area (Å²) in [5, 5.41) is 8.83. The van der Waals surface area contributed by atoms with E-state index in [0.29, 0.717) is 5.56 Å². The van der Waals surface area contributed by atoms with Gasteiger partial charge >= 0.3 is 0 Å². The molecule has 1 aromatic heterocycles. The second-order valence-corrected chi connectivity index (χ2v) is 3.76. The fourth-order valence-electron chi connectivity index (χ4n) is 1.41. The van der Waals surface area contributed by atoms with Gasteiger partial charge < -0.3 is 9.84 Å². The van der Waals surface area contributed by atoms with E-state index in [-0.39, 0.29) is 18.2 Å². The number of benzene rings is 1. The number of rotatable bonds is 4. The van der Waals surface area contributed by atoms with Crippen LogP contribution in [0.3, 0.4) is 0 Å². The SMILES string of the molecule is OCc1ccc(Oc2ccc(C(F)F)cc2F)nc1. The van der Waals surface area contributed by atoms with Crippen molar-refractivity contribution in [2.24, 2.45) is 0 Å². The van der Waals surface area contributed by atoms with Crippen molar-refractivity contribution in [3.05, 3.63) is 53.5 Å². The summed E-state index contributed by atoms with van der Waals surface area (Å²) in [5.41, 5.74) is 0.175. The summed E-state index contributed by atoms with van der Waals surface area (Å²) in [4.78, 5) is 3.85. The molecule has 0 saturated carbocycles. The quantitative estimate of drug-likeness (QED) is 0.924. The van der Waals surface area contributed by atoms with Gasteiger partial charge in [0.15, 0.2) is 11.6 Å². The number of alkyl halides is 2. The highest BCUT2D eigenvalue weighted by molar-refractivity contribution is 5.33. The molecule has 0 aliphatic carbocycles. The molecule has 0 fully saturated rings. The fourth-order valence-corrected chi connectivity index (χ4v) is 1.41. The molecule has 19 heavy (non-hydrogen) atoms. The lowest BCUT2D eigenvalue weighted by Crippen LogP contribution is -1.94. The van der Waals surface area contributed by atoms with Gasteiger partial charge in [0.1, 0.15) is 0 Å². The molecular formula is C13H10F3NO2. The average molecular weight is 269 g/mol. The predicted octanol–water partition coefficient (Wildman–Crippen LogP) is 3.44. The molecule has 0 unspecified atom stereocenters. The summed E-state index contributed by atoms with van der Waals surface area (Å²) in [6, 6.07) is 5.95. The van der Waals surface area contributed by atoms with Crippen molar-refractivity contribution < 1.29 is 23.0 Å². The highest BCUT2D eigenvalue weighted by Crippen LogP contribution is 2.27. The third-order valence-electron chi connectivity index (χ3n) is 2.40. The number of ether oxygens (including phenoxy) is 1. The van der Waals surface area contributed by atoms with E-state index in [2.05, 4.69) is 4.98 Å². The van der Waals surface area contributed by atoms with Gasteiger partial charge in [-0.15, -0.1) is 0 Å². The Morgan fingerprint density at radius 3 is 2.53 bits per heavy atom. The second-order valence-electron chi connectivity index (χ2n) is 3.76. The van der Waals surface area contributed by atoms with E-state index in [0.717, 1.165) is 18.2 Å². The highest BCUT2D eigenvalue weighted by atomic mass is 19.3. The number of pyridine rings is 1. The zero-order chi connectivity index (χ0) is 13.8. The van der Waals surface area contributed by atoms with Gasteiger partial charge in [-0.2, -0.15) is 0 Å². The van der Waals surface area contributed by atoms with Crippen molar-refractivity contribution in [1.29, 1.82) is 0 Å². The maximum Gasteiger partial charge on any atom is 0.263 e. The molecule has 3 nitrogen and oxygen atoms in total. The van der Waals surface area contributed by atoms with Crippen molar-refractivity contribution in [2.45, 2.75) is 13.0 Å². The molecule has 2 rings (SSSR count). The first-order valence-corrected chi connectivity index (χ1v) is 5.41. The van der Waals surface area contributed by atoms with E-state index in [1.54, 1.807) is 6.07 Å². The molecule has 1 heterocycles. The Kier molecular flexibility index (Phi) is 4.01. The van der Waals surface area contributed by atoms with Crippen LogP contribution in [0.25, 0.3) is 0 Å². The van der Waals surface area contributed by atoms with E-state index < -0.39 is 17.8 Å². The van der Waals surface area contributed by atoms with Crippen molar-refractivity contribution in [2.75, 3.05) is 0 Å². The Hall–Kier alpha value is -2.08. The van der Waals surface area contributed by atoms with Gasteiger partial charge in [-0.1, -0.05) is 0 Å². The smallest absolute Gasteiger partial charge is 0.263 e. The molecule has 0 bridgehead atoms. The minimum atomic E-state index is -2.73. The monoisotopic (exact) mass is 269 g/mol. The number of hydrogen-bond acceptors (Lipinski definition) is 3. The number of nitrogens with zero attached hydrogens (tertiary/aromatic N) is 1. The number of halogens is 3. The lowest BCUT2D eigenvalue weighted by molar-refractivity contribution is 0.151. The summed E-state index contributed by atoms with van der Waals surface area (Å²) in [6.45, 7) is -0.162. The van der Waals surface area contributed by atoms with E-state index in [9.17, 15) is 13.2 Å². The largest absolute Gasteiger partial charge is 0.436 e. The molecule has 0 atom stereocenters. The maximum absolute atomic E-state index is 13.5. The van der Waals surface area contributed by atoms with Crippen LogP contribution in [0.1, 0.15) is 17.6 Å². The number of aliphatic hydroxyl groups excluding tert-OH is 1. The maximum atomic E-state index is 13.5. The van der Waals surface area contributed by atoms with Gasteiger partial charge in [-0.05, 0) is 29.8 Å². The highest BCUT2D eigenvalue weighted by Gasteiger charge is 2.12. The van der Waals surface area contributed by atoms with Crippen LogP contribution in [0.5, 0.6) is 11.6 Å². The van der Waals surface area contributed by atoms with Gasteiger partial charge in [0.05, 0.1) is 6.61 Å². The Bertz CT molecular complexity index is 558. The fraction of sp³-hybridized carbons (Fsp3) is 0.154. The Morgan fingerprint density at radius 1 is 1.21 bits per heavy atom. The summed E-state index contributed by atoms with van der Waals surface area (Å²) in [5.74, 6) is -0.958. The van der Waals surface area contributed by atoms with Crippen molar-refractivity contribution in [3.63, 3.8) is 0 Å². The number of aromatic nitrogens is 1. The summed E-state index contributed by atoms with van der Waals surface area (Å²) < 4.78 is 43.3. The van der Waals surface area contributed by atoms with Crippen LogP contribution in [0.2, 0.25) is 0 Å². The van der Waals surface area contributed by atoms with E-state index in [1.807, 2.05) is 0 Å². The van der Waals surface area contributed by atoms with Crippen LogP contribution in [0.4, 0.5) is 13.2 Å². The van der Waals surface area contributed by atoms with Gasteiger partial charge in [0, 0.05) is 17.8 Å². The van der Waals surface area contributed by atoms with Gasteiger partial charge in [0.25, 0.3) is 6.43 Å². The summed E-state index contributed by atoms with van der Waals surface area (Å²) in [6.07, 6.45) is -1.36. The van der Waals surface area contributed by atoms with E-state index >= 15 is 0 Å². The first-order valence-electron chi connectivity index (χ1n) is 5.41. The summed E-state index contributed by atoms with van der Waals surface area (Å²) >= 11 is 0. The van der Waals surface area contributed by atoms with Crippen LogP contribution in [0, 0.1) is 5.82 Å². The van der Waals surface area contributed by atoms with E-state index in [1.165, 1.54) is 12.3 Å². The molecule has 0 aliphatic heterocycles. The number of hydrogen-bond donors (Lipinski definition) is 1. The Morgan fingerprint density at radius 2 is 2.00 bits per heavy atom. The summed E-state index contributed by atoms with van der Waals surface area (Å²) in [7, 11) is 0. The topological polar surface area (TPSA) is 42.4 Å². The third kappa shape index (κ3) is 3.23. The molecule has 0 spiro atoms. The molecule has 100 valence electrons. The molecule has 0 saturated heterocycles. The van der Waals surface area contributed by atoms with Gasteiger partial charge in [0.2, 0.25) is 5.88 Å². The minimum Gasteiger partial charge on any atom is -0.436 e. The Balaban J connectivity index is 2.18. The second kappa shape index (κ2) is 5.71. The molecule has 0 radical (unpaired) electrons. The first kappa shape index (κ1) is 13.4. The van der Waals surface area contributed by atoms with Crippen LogP contribution in [-0.2, 0) is 6.61 Å². The van der Waals surface area contributed by atoms with Crippen LogP contribution in [0.15, 0.2) is 36.5 Å². The molecular weight excluding hydrogens is 259 g/mol. The predicted molar refractivity (Wildman–Crippen MR) is 61.6 cm³/mol. The minimum absolute atomic E-state index is 0.112. The van der Waals surface area contributed by atoms with Crippen LogP contribution in [-0.4, -0.2) is 10.1 Å². The zero-order valence-corrected chi connectivity index (χ0v) is 9.69. The zero-order valence-electron chi connectivity index (χ0n) is 9.69. The standard InChI is InChI=1S/C13H10F3NO2/c14-10-5-9(13(15)16)2-3-11(10)19-12-4-1-8(7-18)6-17-12/h1-6,13,18H,7H2. The van der Waals surface area contributed by atoms with Crippen molar-refractivity contribution in [3.8, 4) is 11.6 Å². The van der Waals surface area contributed by atoms with Crippen molar-refractivity contribution >= 4 is 0 Å². The van der Waals surface area contributed by atoms with E-state index in [4.69, 9.17) is 9.84 Å². The molecule has 0 amide bonds. The molecule has 2 aromatic rings. The van der Waals surface area contributed by atoms with Crippen LogP contribution >= 0.6 is 0 Å². The normalized spacial score (nSPS) is 10.8. The third-order valence-corrected chi connectivity index (χ3v) is 2.40. The van der Waals surface area contributed by atoms with Crippen molar-refractivity contribution in [1.82, 2.24) is 4.98 Å². The first-order chi connectivity index (χ1) is 9.10. The Labute approximate surface area is 107 Å². The molecule has 1 N–H and O–H groups in total. The molecule has 1 aromatic carbocycles.